The van der Waals surface area contributed by atoms with Crippen molar-refractivity contribution in [3.8, 4) is 11.9 Å². The molecule has 2 aromatic carbocycles. The van der Waals surface area contributed by atoms with Crippen molar-refractivity contribution in [2.75, 3.05) is 26.4 Å². The molecular formula is C34H43N8O8P. The van der Waals surface area contributed by atoms with Crippen molar-refractivity contribution < 1.29 is 28.4 Å². The Kier molecular flexibility index (Phi) is 14.5. The number of ether oxygens (including phenoxy) is 2. The van der Waals surface area contributed by atoms with Crippen LogP contribution < -0.4 is 9.47 Å². The summed E-state index contributed by atoms with van der Waals surface area (Å²) in [6.45, 7) is 18.9. The van der Waals surface area contributed by atoms with E-state index in [-0.39, 0.29) is 67.8 Å². The molecule has 0 N–H and O–H groups in total. The minimum absolute atomic E-state index is 0.00946. The molecule has 0 saturated carbocycles. The zero-order valence-electron chi connectivity index (χ0n) is 29.4. The fourth-order valence-corrected chi connectivity index (χ4v) is 6.93. The van der Waals surface area contributed by atoms with E-state index in [9.17, 15) is 20.2 Å². The fourth-order valence-electron chi connectivity index (χ4n) is 5.17. The van der Waals surface area contributed by atoms with Crippen molar-refractivity contribution in [2.24, 2.45) is 0 Å². The monoisotopic (exact) mass is 722 g/mol. The molecule has 4 rings (SSSR count). The number of hydrogen-bond donors (Lipinski definition) is 0. The largest absolute Gasteiger partial charge is 0.476 e. The predicted molar refractivity (Wildman–Crippen MR) is 192 cm³/mol. The van der Waals surface area contributed by atoms with Gasteiger partial charge in [-0.25, -0.2) is 16.2 Å². The minimum atomic E-state index is -1.47. The van der Waals surface area contributed by atoms with E-state index in [1.807, 2.05) is 11.5 Å². The molecule has 2 atom stereocenters. The second kappa shape index (κ2) is 19.0. The van der Waals surface area contributed by atoms with Gasteiger partial charge in [0.25, 0.3) is 19.9 Å². The van der Waals surface area contributed by atoms with E-state index in [2.05, 4.69) is 52.2 Å². The number of imidazole rings is 1. The van der Waals surface area contributed by atoms with Gasteiger partial charge in [-0.15, -0.1) is 0 Å². The molecule has 1 unspecified atom stereocenters. The van der Waals surface area contributed by atoms with Crippen molar-refractivity contribution >= 4 is 31.1 Å². The lowest BCUT2D eigenvalue weighted by atomic mass is 10.1. The van der Waals surface area contributed by atoms with Gasteiger partial charge in [0.2, 0.25) is 12.4 Å². The van der Waals surface area contributed by atoms with Gasteiger partial charge in [-0.2, -0.15) is 9.97 Å². The Bertz CT molecular complexity index is 1770. The molecule has 272 valence electrons. The topological polar surface area (TPSA) is 174 Å². The molecule has 2 aromatic heterocycles. The normalized spacial score (nSPS) is 12.7. The number of non-ortho nitro benzene ring substituents is 2. The molecule has 0 fully saturated rings. The first-order chi connectivity index (χ1) is 24.5. The first-order valence-electron chi connectivity index (χ1n) is 16.7. The smallest absolute Gasteiger partial charge is 0.321 e. The third-order valence-electron chi connectivity index (χ3n) is 7.70. The molecule has 51 heavy (non-hydrogen) atoms. The van der Waals surface area contributed by atoms with Crippen molar-refractivity contribution in [3.05, 3.63) is 97.6 Å². The van der Waals surface area contributed by atoms with E-state index in [0.29, 0.717) is 37.0 Å². The molecule has 0 aliphatic rings. The van der Waals surface area contributed by atoms with Crippen molar-refractivity contribution in [1.29, 1.82) is 0 Å². The summed E-state index contributed by atoms with van der Waals surface area (Å²) in [5, 5.41) is 22.1. The number of nitrogens with zero attached hydrogens (tertiary/aromatic N) is 8. The van der Waals surface area contributed by atoms with Crippen LogP contribution in [0.5, 0.6) is 11.9 Å². The molecular weight excluding hydrogens is 679 g/mol. The highest BCUT2D eigenvalue weighted by molar-refractivity contribution is 7.44. The number of aromatic nitrogens is 4. The first kappa shape index (κ1) is 39.0. The molecule has 4 aromatic rings. The van der Waals surface area contributed by atoms with Crippen LogP contribution in [0.2, 0.25) is 0 Å². The quantitative estimate of drug-likeness (QED) is 0.0285. The van der Waals surface area contributed by atoms with Crippen molar-refractivity contribution in [2.45, 2.75) is 78.6 Å². The fraction of sp³-hybridized carbons (Fsp3) is 0.471. The second-order valence-corrected chi connectivity index (χ2v) is 13.5. The third-order valence-corrected chi connectivity index (χ3v) is 9.89. The molecule has 0 amide bonds. The molecule has 2 heterocycles. The van der Waals surface area contributed by atoms with Crippen LogP contribution in [0.4, 0.5) is 11.4 Å². The number of nitro benzene ring substituents is 2. The van der Waals surface area contributed by atoms with Crippen LogP contribution in [0.25, 0.3) is 16.0 Å². The summed E-state index contributed by atoms with van der Waals surface area (Å²) in [5.41, 5.74) is 2.63. The van der Waals surface area contributed by atoms with E-state index >= 15 is 0 Å². The SMILES string of the molecule is [C-]#[N+]CCOP(O[C@H](CC)Cn1cnc2c(OCCc3ccc([N+](=O)[O-])cc3)nc(OCCc3ccc([N+](=O)[O-])cc3)nc21)N(C(C)C)C(C)C. The van der Waals surface area contributed by atoms with Gasteiger partial charge in [0.1, 0.15) is 6.61 Å². The van der Waals surface area contributed by atoms with Crippen LogP contribution in [0, 0.1) is 26.8 Å². The summed E-state index contributed by atoms with van der Waals surface area (Å²) in [4.78, 5) is 38.4. The molecule has 0 spiro atoms. The van der Waals surface area contributed by atoms with E-state index < -0.39 is 18.4 Å². The van der Waals surface area contributed by atoms with Crippen molar-refractivity contribution in [1.82, 2.24) is 24.2 Å². The predicted octanol–water partition coefficient (Wildman–Crippen LogP) is 6.96. The van der Waals surface area contributed by atoms with Crippen LogP contribution in [-0.4, -0.2) is 78.6 Å². The molecule has 0 saturated heterocycles. The lowest BCUT2D eigenvalue weighted by molar-refractivity contribution is -0.385. The van der Waals surface area contributed by atoms with Gasteiger partial charge in [-0.1, -0.05) is 31.2 Å². The third kappa shape index (κ3) is 11.1. The number of rotatable bonds is 21. The first-order valence-corrected chi connectivity index (χ1v) is 17.8. The van der Waals surface area contributed by atoms with Crippen LogP contribution in [0.15, 0.2) is 54.9 Å². The van der Waals surface area contributed by atoms with E-state index in [1.165, 1.54) is 24.3 Å². The van der Waals surface area contributed by atoms with Gasteiger partial charge in [0, 0.05) is 49.2 Å². The van der Waals surface area contributed by atoms with E-state index in [4.69, 9.17) is 25.1 Å². The minimum Gasteiger partial charge on any atom is -0.476 e. The maximum Gasteiger partial charge on any atom is 0.321 e. The molecule has 0 aliphatic carbocycles. The summed E-state index contributed by atoms with van der Waals surface area (Å²) in [6, 6.07) is 12.9. The Hall–Kier alpha value is -4.81. The lowest BCUT2D eigenvalue weighted by Gasteiger charge is -2.37. The zero-order chi connectivity index (χ0) is 36.9. The summed E-state index contributed by atoms with van der Waals surface area (Å²) >= 11 is 0. The number of benzene rings is 2. The van der Waals surface area contributed by atoms with Gasteiger partial charge >= 0.3 is 6.01 Å². The number of nitro groups is 2. The van der Waals surface area contributed by atoms with Crippen LogP contribution >= 0.6 is 8.53 Å². The molecule has 17 heteroatoms. The highest BCUT2D eigenvalue weighted by Crippen LogP contribution is 2.47. The molecule has 0 radical (unpaired) electrons. The Labute approximate surface area is 297 Å². The van der Waals surface area contributed by atoms with Crippen LogP contribution in [-0.2, 0) is 28.4 Å². The number of fused-ring (bicyclic) bond motifs is 1. The Morgan fingerprint density at radius 3 is 1.96 bits per heavy atom. The summed E-state index contributed by atoms with van der Waals surface area (Å²) < 4.78 is 28.9. The van der Waals surface area contributed by atoms with Crippen LogP contribution in [0.1, 0.15) is 52.2 Å². The Morgan fingerprint density at radius 2 is 1.45 bits per heavy atom. The van der Waals surface area contributed by atoms with Gasteiger partial charge < -0.3 is 27.9 Å². The summed E-state index contributed by atoms with van der Waals surface area (Å²) in [7, 11) is -1.47. The molecule has 0 bridgehead atoms. The highest BCUT2D eigenvalue weighted by Gasteiger charge is 2.30. The number of hydrogen-bond acceptors (Lipinski definition) is 12. The van der Waals surface area contributed by atoms with E-state index in [1.54, 1.807) is 30.6 Å². The summed E-state index contributed by atoms with van der Waals surface area (Å²) in [6.07, 6.45) is 2.96. The van der Waals surface area contributed by atoms with Crippen LogP contribution in [0.3, 0.4) is 0 Å². The van der Waals surface area contributed by atoms with Gasteiger partial charge in [-0.05, 0) is 45.2 Å². The van der Waals surface area contributed by atoms with Crippen molar-refractivity contribution in [3.63, 3.8) is 0 Å². The summed E-state index contributed by atoms with van der Waals surface area (Å²) in [5.74, 6) is 0.218. The highest BCUT2D eigenvalue weighted by atomic mass is 31.2. The molecule has 16 nitrogen and oxygen atoms in total. The average Bonchev–Trinajstić information content (AvgIpc) is 3.50. The molecule has 0 aliphatic heterocycles. The standard InChI is InChI=1S/C34H43N8O8P/c1-7-30(50-51(49-21-18-35-6)40(24(2)3)25(4)5)22-39-23-36-31-32(39)37-34(48-20-17-27-10-14-29(15-11-27)42(45)46)38-33(31)47-19-16-26-8-12-28(13-9-26)41(43)44/h8-15,23-25,30H,7,16-22H2,1-5H3/t30-,51?/m1/s1. The Morgan fingerprint density at radius 1 is 0.882 bits per heavy atom. The lowest BCUT2D eigenvalue weighted by Crippen LogP contribution is -2.35. The second-order valence-electron chi connectivity index (χ2n) is 12.1. The van der Waals surface area contributed by atoms with Gasteiger partial charge in [-0.3, -0.25) is 20.2 Å². The maximum atomic E-state index is 11.0. The zero-order valence-corrected chi connectivity index (χ0v) is 30.3. The maximum absolute atomic E-state index is 11.0. The average molecular weight is 723 g/mol. The van der Waals surface area contributed by atoms with Gasteiger partial charge in [0.05, 0.1) is 42.0 Å². The Balaban J connectivity index is 1.56. The van der Waals surface area contributed by atoms with Gasteiger partial charge in [0.15, 0.2) is 11.2 Å². The van der Waals surface area contributed by atoms with E-state index in [0.717, 1.165) is 11.1 Å².